The van der Waals surface area contributed by atoms with Gasteiger partial charge in [-0.1, -0.05) is 201 Å². The van der Waals surface area contributed by atoms with Crippen LogP contribution in [-0.2, 0) is 58.3 Å². The van der Waals surface area contributed by atoms with Gasteiger partial charge in [-0.15, -0.1) is 0 Å². The first-order valence-electron chi connectivity index (χ1n) is 33.6. The minimum absolute atomic E-state index is 0. The molecule has 2 aromatic heterocycles. The summed E-state index contributed by atoms with van der Waals surface area (Å²) in [5.74, 6) is 0.0528. The second-order valence-corrected chi connectivity index (χ2v) is 34.9. The number of aromatic nitrogens is 2. The monoisotopic (exact) mass is 1310 g/mol. The quantitative estimate of drug-likeness (QED) is 0.0841. The number of phenols is 2. The number of hydrogen-bond donors (Lipinski definition) is 2. The molecular weight excluding hydrogens is 1210 g/mol. The van der Waals surface area contributed by atoms with Gasteiger partial charge < -0.3 is 36.2 Å². The molecule has 0 amide bonds. The molecule has 1 radical (unpaired) electrons. The number of aryl methyl sites for hydroxylation is 2. The molecule has 10 rings (SSSR count). The van der Waals surface area contributed by atoms with E-state index in [1.54, 1.807) is 0 Å². The van der Waals surface area contributed by atoms with Crippen molar-refractivity contribution in [2.75, 3.05) is 13.2 Å². The fourth-order valence-electron chi connectivity index (χ4n) is 14.7. The predicted molar refractivity (Wildman–Crippen MR) is 396 cm³/mol. The summed E-state index contributed by atoms with van der Waals surface area (Å²) in [7, 11) is 0. The van der Waals surface area contributed by atoms with Crippen LogP contribution in [0.2, 0.25) is 0 Å². The van der Waals surface area contributed by atoms with Crippen molar-refractivity contribution in [2.24, 2.45) is 10.8 Å². The molecule has 6 nitrogen and oxygen atoms in total. The summed E-state index contributed by atoms with van der Waals surface area (Å²) in [6, 6.07) is 41.1. The molecule has 8 aromatic carbocycles. The summed E-state index contributed by atoms with van der Waals surface area (Å²) in [5, 5.41) is 30.8. The van der Waals surface area contributed by atoms with Crippen LogP contribution in [-0.4, -0.2) is 32.6 Å². The Kier molecular flexibility index (Phi) is 20.2. The van der Waals surface area contributed by atoms with Gasteiger partial charge in [0, 0.05) is 76.1 Å². The van der Waals surface area contributed by atoms with Crippen LogP contribution in [0.25, 0.3) is 77.2 Å². The third-order valence-corrected chi connectivity index (χ3v) is 19.0. The number of benzene rings is 8. The minimum atomic E-state index is -0.445. The maximum atomic E-state index is 16.3. The van der Waals surface area contributed by atoms with Crippen LogP contribution in [0.4, 0.5) is 8.78 Å². The van der Waals surface area contributed by atoms with Crippen LogP contribution in [0.3, 0.4) is 0 Å². The van der Waals surface area contributed by atoms with E-state index in [1.807, 2.05) is 26.0 Å². The van der Waals surface area contributed by atoms with Gasteiger partial charge in [0.2, 0.25) is 0 Å². The van der Waals surface area contributed by atoms with Gasteiger partial charge in [0.05, 0.1) is 46.7 Å². The molecule has 10 aromatic rings. The van der Waals surface area contributed by atoms with E-state index in [0.29, 0.717) is 62.7 Å². The molecule has 0 saturated carbocycles. The Bertz CT molecular complexity index is 4120. The van der Waals surface area contributed by atoms with Crippen LogP contribution in [0.5, 0.6) is 23.0 Å². The number of ether oxygens (including phenoxy) is 2. The molecule has 0 spiro atoms. The normalized spacial score (nSPS) is 13.1. The Morgan fingerprint density at radius 1 is 0.358 bits per heavy atom. The van der Waals surface area contributed by atoms with E-state index >= 15 is 8.78 Å². The maximum Gasteiger partial charge on any atom is 0.147 e. The molecule has 0 atom stereocenters. The second-order valence-electron chi connectivity index (χ2n) is 34.9. The SMILES string of the molecule is Cc1cc(F)cc(-c2cc(C(C)(C)CC(C)(C)C)cc(-n3c4cc(C(C)(C)C)ccc4c4ccc(C(C)(C)C)cc43)c2O)c1OCCCOc1c(C)cc(F)cc1-c1cc(C(C)(C)CC(C)(C)C)cc(-n2c3cc(C(C)(C)C)ccc3c3ccc(C(C)(C)C)cc32)c1O.[CH3-].[Sc]. The van der Waals surface area contributed by atoms with E-state index in [1.165, 1.54) is 46.5 Å². The standard InChI is InChI=1S/C85H104F2N2O4.CH3.Sc/c1-50-36-58(86)46-66(64-38-56(84(21,22)48-78(3,4)5)44-72(74(64)90)88-68-40-52(80(9,10)11)26-30-60(68)61-31-27-53(41-69(61)88)81(12,13)14)76(50)92-34-25-35-93-77-51(2)37-59(87)47-67(77)65-39-57(85(23,24)49-79(6,7)8)45-73(75(65)91)89-70-42-54(82(15,16)17)28-32-62(70)63-33-29-55(43-71(63)89)83(18,19)20;;/h26-33,36-47,90-91H,25,34-35,48-49H2,1-24H3;1H3;/q;-1;. The number of hydrogen-bond acceptors (Lipinski definition) is 4. The molecular formula is C86H107F2N2O4Sc-. The second kappa shape index (κ2) is 25.9. The summed E-state index contributed by atoms with van der Waals surface area (Å²) in [6.07, 6.45) is 2.05. The molecule has 0 fully saturated rings. The Balaban J connectivity index is 0.00000578. The Hall–Kier alpha value is -6.71. The zero-order valence-electron chi connectivity index (χ0n) is 62.0. The number of phenolic OH excluding ortho intramolecular Hbond substituents is 2. The Morgan fingerprint density at radius 3 is 0.884 bits per heavy atom. The fraction of sp³-hybridized carbons (Fsp3) is 0.430. The van der Waals surface area contributed by atoms with Crippen molar-refractivity contribution < 1.29 is 54.3 Å². The largest absolute Gasteiger partial charge is 0.505 e. The van der Waals surface area contributed by atoms with Crippen molar-refractivity contribution in [3.05, 3.63) is 185 Å². The van der Waals surface area contributed by atoms with E-state index in [-0.39, 0.29) is 101 Å². The Morgan fingerprint density at radius 2 is 0.632 bits per heavy atom. The van der Waals surface area contributed by atoms with Gasteiger partial charge in [0.25, 0.3) is 0 Å². The van der Waals surface area contributed by atoms with Gasteiger partial charge in [-0.2, -0.15) is 0 Å². The average Bonchev–Trinajstić information content (AvgIpc) is 1.58. The van der Waals surface area contributed by atoms with Crippen molar-refractivity contribution in [1.82, 2.24) is 9.13 Å². The average molecular weight is 1320 g/mol. The van der Waals surface area contributed by atoms with Crippen LogP contribution in [0.1, 0.15) is 216 Å². The molecule has 0 aliphatic rings. The van der Waals surface area contributed by atoms with Crippen LogP contribution in [0, 0.1) is 43.7 Å². The number of aromatic hydroxyl groups is 2. The molecule has 9 heteroatoms. The maximum absolute atomic E-state index is 16.3. The van der Waals surface area contributed by atoms with E-state index in [9.17, 15) is 10.2 Å². The van der Waals surface area contributed by atoms with Crippen LogP contribution in [0.15, 0.2) is 121 Å². The van der Waals surface area contributed by atoms with Crippen LogP contribution >= 0.6 is 0 Å². The molecule has 0 saturated heterocycles. The summed E-state index contributed by atoms with van der Waals surface area (Å²) in [4.78, 5) is 0. The fourth-order valence-corrected chi connectivity index (χ4v) is 14.7. The summed E-state index contributed by atoms with van der Waals surface area (Å²) in [6.45, 7) is 53.2. The summed E-state index contributed by atoms with van der Waals surface area (Å²) < 4.78 is 50.7. The zero-order valence-corrected chi connectivity index (χ0v) is 63.8. The first-order valence-corrected chi connectivity index (χ1v) is 33.6. The van der Waals surface area contributed by atoms with Gasteiger partial charge in [-0.05, 0) is 187 Å². The van der Waals surface area contributed by atoms with Gasteiger partial charge >= 0.3 is 0 Å². The van der Waals surface area contributed by atoms with Crippen molar-refractivity contribution >= 4 is 43.6 Å². The first-order chi connectivity index (χ1) is 42.8. The van der Waals surface area contributed by atoms with Gasteiger partial charge in [-0.25, -0.2) is 8.78 Å². The van der Waals surface area contributed by atoms with Crippen molar-refractivity contribution in [1.29, 1.82) is 0 Å². The summed E-state index contributed by atoms with van der Waals surface area (Å²) in [5.41, 5.74) is 13.3. The molecule has 0 bridgehead atoms. The van der Waals surface area contributed by atoms with E-state index in [4.69, 9.17) is 9.47 Å². The van der Waals surface area contributed by atoms with Gasteiger partial charge in [0.1, 0.15) is 34.6 Å². The molecule has 95 heavy (non-hydrogen) atoms. The number of rotatable bonds is 14. The number of fused-ring (bicyclic) bond motifs is 6. The Labute approximate surface area is 586 Å². The zero-order chi connectivity index (χ0) is 68.4. The van der Waals surface area contributed by atoms with Crippen molar-refractivity contribution in [3.63, 3.8) is 0 Å². The summed E-state index contributed by atoms with van der Waals surface area (Å²) >= 11 is 0. The molecule has 2 N–H and O–H groups in total. The van der Waals surface area contributed by atoms with E-state index in [2.05, 4.69) is 246 Å². The van der Waals surface area contributed by atoms with Crippen LogP contribution < -0.4 is 9.47 Å². The third-order valence-electron chi connectivity index (χ3n) is 19.0. The number of nitrogens with zero attached hydrogens (tertiary/aromatic N) is 2. The van der Waals surface area contributed by atoms with E-state index < -0.39 is 11.6 Å². The van der Waals surface area contributed by atoms with E-state index in [0.717, 1.165) is 67.6 Å². The molecule has 0 aliphatic heterocycles. The molecule has 2 heterocycles. The molecule has 0 aliphatic carbocycles. The minimum Gasteiger partial charge on any atom is -0.505 e. The first kappa shape index (κ1) is 74.1. The van der Waals surface area contributed by atoms with Gasteiger partial charge in [0.15, 0.2) is 0 Å². The van der Waals surface area contributed by atoms with Crippen molar-refractivity contribution in [2.45, 2.75) is 218 Å². The molecule has 503 valence electrons. The van der Waals surface area contributed by atoms with Crippen molar-refractivity contribution in [3.8, 4) is 56.6 Å². The third kappa shape index (κ3) is 15.1. The number of halogens is 2. The smallest absolute Gasteiger partial charge is 0.147 e. The molecule has 0 unspecified atom stereocenters. The van der Waals surface area contributed by atoms with Gasteiger partial charge in [-0.3, -0.25) is 0 Å². The topological polar surface area (TPSA) is 68.8 Å². The predicted octanol–water partition coefficient (Wildman–Crippen LogP) is 24.4.